The van der Waals surface area contributed by atoms with Crippen LogP contribution in [0.2, 0.25) is 5.02 Å². The Morgan fingerprint density at radius 2 is 1.95 bits per heavy atom. The number of rotatable bonds is 2. The highest BCUT2D eigenvalue weighted by molar-refractivity contribution is 6.30. The standard InChI is InChI=1S/C17H17ClFNO/c1-20-9-8-12(14-10-11(18)6-7-15(14)19)17(20)13-4-2-3-5-16(13)21/h2-7,10,12,17,21H,8-9H2,1H3. The van der Waals surface area contributed by atoms with Gasteiger partial charge in [-0.15, -0.1) is 0 Å². The molecule has 4 heteroatoms. The van der Waals surface area contributed by atoms with Gasteiger partial charge in [0, 0.05) is 22.5 Å². The molecular weight excluding hydrogens is 289 g/mol. The molecule has 0 bridgehead atoms. The average molecular weight is 306 g/mol. The summed E-state index contributed by atoms with van der Waals surface area (Å²) in [6.45, 7) is 0.857. The molecule has 0 radical (unpaired) electrons. The molecule has 0 spiro atoms. The quantitative estimate of drug-likeness (QED) is 0.892. The number of phenolic OH excluding ortho intramolecular Hbond substituents is 1. The van der Waals surface area contributed by atoms with E-state index in [1.54, 1.807) is 24.3 Å². The predicted molar refractivity (Wildman–Crippen MR) is 82.2 cm³/mol. The van der Waals surface area contributed by atoms with Crippen molar-refractivity contribution in [1.29, 1.82) is 0 Å². The Balaban J connectivity index is 2.06. The second kappa shape index (κ2) is 5.66. The van der Waals surface area contributed by atoms with Gasteiger partial charge in [0.15, 0.2) is 0 Å². The van der Waals surface area contributed by atoms with Gasteiger partial charge in [0.1, 0.15) is 11.6 Å². The van der Waals surface area contributed by atoms with Gasteiger partial charge in [-0.25, -0.2) is 4.39 Å². The molecule has 2 atom stereocenters. The smallest absolute Gasteiger partial charge is 0.126 e. The van der Waals surface area contributed by atoms with Crippen LogP contribution in [0.3, 0.4) is 0 Å². The van der Waals surface area contributed by atoms with Gasteiger partial charge in [-0.2, -0.15) is 0 Å². The zero-order valence-electron chi connectivity index (χ0n) is 11.8. The lowest BCUT2D eigenvalue weighted by molar-refractivity contribution is 0.293. The van der Waals surface area contributed by atoms with Crippen molar-refractivity contribution in [2.75, 3.05) is 13.6 Å². The fourth-order valence-corrected chi connectivity index (χ4v) is 3.44. The maximum atomic E-state index is 14.2. The number of nitrogens with zero attached hydrogens (tertiary/aromatic N) is 1. The zero-order valence-corrected chi connectivity index (χ0v) is 12.5. The molecule has 3 rings (SSSR count). The van der Waals surface area contributed by atoms with E-state index in [4.69, 9.17) is 11.6 Å². The van der Waals surface area contributed by atoms with E-state index in [-0.39, 0.29) is 23.5 Å². The van der Waals surface area contributed by atoms with Crippen LogP contribution in [0.1, 0.15) is 29.5 Å². The fourth-order valence-electron chi connectivity index (χ4n) is 3.26. The first-order valence-corrected chi connectivity index (χ1v) is 7.39. The van der Waals surface area contributed by atoms with Crippen molar-refractivity contribution in [3.8, 4) is 5.75 Å². The van der Waals surface area contributed by atoms with Crippen LogP contribution < -0.4 is 0 Å². The zero-order chi connectivity index (χ0) is 15.0. The highest BCUT2D eigenvalue weighted by Crippen LogP contribution is 2.46. The minimum absolute atomic E-state index is 0.0120. The van der Waals surface area contributed by atoms with E-state index in [2.05, 4.69) is 4.90 Å². The fraction of sp³-hybridized carbons (Fsp3) is 0.294. The van der Waals surface area contributed by atoms with Gasteiger partial charge in [0.2, 0.25) is 0 Å². The molecule has 1 N–H and O–H groups in total. The number of hydrogen-bond donors (Lipinski definition) is 1. The molecule has 2 unspecified atom stereocenters. The van der Waals surface area contributed by atoms with Gasteiger partial charge < -0.3 is 5.11 Å². The number of halogens is 2. The summed E-state index contributed by atoms with van der Waals surface area (Å²) >= 11 is 6.03. The van der Waals surface area contributed by atoms with Crippen LogP contribution in [0, 0.1) is 5.82 Å². The van der Waals surface area contributed by atoms with E-state index in [1.165, 1.54) is 6.07 Å². The molecule has 0 saturated carbocycles. The van der Waals surface area contributed by atoms with Crippen molar-refractivity contribution < 1.29 is 9.50 Å². The van der Waals surface area contributed by atoms with E-state index < -0.39 is 0 Å². The molecule has 0 amide bonds. The van der Waals surface area contributed by atoms with Crippen molar-refractivity contribution in [2.24, 2.45) is 0 Å². The second-order valence-electron chi connectivity index (χ2n) is 5.55. The van der Waals surface area contributed by atoms with Gasteiger partial charge in [0.25, 0.3) is 0 Å². The first kappa shape index (κ1) is 14.4. The molecule has 21 heavy (non-hydrogen) atoms. The number of aromatic hydroxyl groups is 1. The summed E-state index contributed by atoms with van der Waals surface area (Å²) in [6.07, 6.45) is 0.840. The van der Waals surface area contributed by atoms with Gasteiger partial charge in [0.05, 0.1) is 0 Å². The number of likely N-dealkylation sites (tertiary alicyclic amines) is 1. The minimum Gasteiger partial charge on any atom is -0.508 e. The first-order valence-electron chi connectivity index (χ1n) is 7.01. The average Bonchev–Trinajstić information content (AvgIpc) is 2.84. The van der Waals surface area contributed by atoms with Gasteiger partial charge in [-0.3, -0.25) is 4.90 Å². The topological polar surface area (TPSA) is 23.5 Å². The Bertz CT molecular complexity index is 661. The van der Waals surface area contributed by atoms with Crippen LogP contribution in [0.25, 0.3) is 0 Å². The second-order valence-corrected chi connectivity index (χ2v) is 5.98. The first-order chi connectivity index (χ1) is 10.1. The Morgan fingerprint density at radius 3 is 2.71 bits per heavy atom. The number of benzene rings is 2. The molecule has 0 aliphatic carbocycles. The molecule has 1 fully saturated rings. The molecule has 110 valence electrons. The molecule has 2 aromatic carbocycles. The Kier molecular flexibility index (Phi) is 3.87. The van der Waals surface area contributed by atoms with Crippen molar-refractivity contribution in [2.45, 2.75) is 18.4 Å². The monoisotopic (exact) mass is 305 g/mol. The minimum atomic E-state index is -0.236. The summed E-state index contributed by atoms with van der Waals surface area (Å²) in [5, 5.41) is 10.7. The summed E-state index contributed by atoms with van der Waals surface area (Å²) in [5.41, 5.74) is 1.46. The SMILES string of the molecule is CN1CCC(c2cc(Cl)ccc2F)C1c1ccccc1O. The van der Waals surface area contributed by atoms with Crippen LogP contribution in [0.5, 0.6) is 5.75 Å². The number of phenols is 1. The van der Waals surface area contributed by atoms with E-state index in [0.717, 1.165) is 18.5 Å². The normalized spacial score (nSPS) is 22.6. The molecule has 1 aliphatic rings. The van der Waals surface area contributed by atoms with Crippen LogP contribution >= 0.6 is 11.6 Å². The summed E-state index contributed by atoms with van der Waals surface area (Å²) in [6, 6.07) is 11.9. The molecule has 1 aliphatic heterocycles. The van der Waals surface area contributed by atoms with Crippen molar-refractivity contribution in [3.05, 3.63) is 64.4 Å². The van der Waals surface area contributed by atoms with Gasteiger partial charge >= 0.3 is 0 Å². The van der Waals surface area contributed by atoms with Crippen LogP contribution in [-0.4, -0.2) is 23.6 Å². The van der Waals surface area contributed by atoms with Gasteiger partial charge in [-0.1, -0.05) is 29.8 Å². The Morgan fingerprint density at radius 1 is 1.19 bits per heavy atom. The lowest BCUT2D eigenvalue weighted by atomic mass is 9.87. The summed E-state index contributed by atoms with van der Waals surface area (Å²) in [5.74, 6) is 0.00538. The van der Waals surface area contributed by atoms with E-state index in [0.29, 0.717) is 10.6 Å². The number of para-hydroxylation sites is 1. The molecule has 2 aromatic rings. The largest absolute Gasteiger partial charge is 0.508 e. The van der Waals surface area contributed by atoms with Crippen molar-refractivity contribution in [1.82, 2.24) is 4.90 Å². The molecular formula is C17H17ClFNO. The van der Waals surface area contributed by atoms with Crippen LogP contribution in [0.15, 0.2) is 42.5 Å². The third-order valence-electron chi connectivity index (χ3n) is 4.26. The third kappa shape index (κ3) is 2.63. The summed E-state index contributed by atoms with van der Waals surface area (Å²) in [7, 11) is 2.00. The van der Waals surface area contributed by atoms with Crippen LogP contribution in [-0.2, 0) is 0 Å². The molecule has 1 saturated heterocycles. The van der Waals surface area contributed by atoms with E-state index >= 15 is 0 Å². The molecule has 0 aromatic heterocycles. The number of hydrogen-bond acceptors (Lipinski definition) is 2. The molecule has 2 nitrogen and oxygen atoms in total. The highest BCUT2D eigenvalue weighted by Gasteiger charge is 2.36. The van der Waals surface area contributed by atoms with E-state index in [9.17, 15) is 9.50 Å². The molecule has 1 heterocycles. The van der Waals surface area contributed by atoms with Gasteiger partial charge in [-0.05, 0) is 49.8 Å². The number of likely N-dealkylation sites (N-methyl/N-ethyl adjacent to an activating group) is 1. The lowest BCUT2D eigenvalue weighted by Gasteiger charge is -2.26. The highest BCUT2D eigenvalue weighted by atomic mass is 35.5. The summed E-state index contributed by atoms with van der Waals surface area (Å²) in [4.78, 5) is 2.15. The summed E-state index contributed by atoms with van der Waals surface area (Å²) < 4.78 is 14.2. The maximum Gasteiger partial charge on any atom is 0.126 e. The van der Waals surface area contributed by atoms with Crippen molar-refractivity contribution >= 4 is 11.6 Å². The Hall–Kier alpha value is -1.58. The van der Waals surface area contributed by atoms with Crippen LogP contribution in [0.4, 0.5) is 4.39 Å². The third-order valence-corrected chi connectivity index (χ3v) is 4.50. The van der Waals surface area contributed by atoms with E-state index in [1.807, 2.05) is 19.2 Å². The lowest BCUT2D eigenvalue weighted by Crippen LogP contribution is -2.21. The maximum absolute atomic E-state index is 14.2. The Labute approximate surface area is 128 Å². The predicted octanol–water partition coefficient (Wildman–Crippen LogP) is 4.35. The van der Waals surface area contributed by atoms with Crippen molar-refractivity contribution in [3.63, 3.8) is 0 Å².